The second-order valence-corrected chi connectivity index (χ2v) is 18.7. The van der Waals surface area contributed by atoms with E-state index >= 15 is 0 Å². The zero-order valence-electron chi connectivity index (χ0n) is 33.0. The van der Waals surface area contributed by atoms with E-state index in [1.54, 1.807) is 5.57 Å². The van der Waals surface area contributed by atoms with Gasteiger partial charge in [0.2, 0.25) is 0 Å². The molecule has 0 heterocycles. The Morgan fingerprint density at radius 3 is 1.85 bits per heavy atom. The van der Waals surface area contributed by atoms with Crippen LogP contribution in [0.2, 0.25) is 0 Å². The highest BCUT2D eigenvalue weighted by Gasteiger charge is 2.59. The molecule has 0 aromatic carbocycles. The molecule has 3 fully saturated rings. The molecule has 47 heavy (non-hydrogen) atoms. The maximum atomic E-state index is 6.57. The fourth-order valence-corrected chi connectivity index (χ4v) is 11.9. The molecule has 0 aliphatic heterocycles. The summed E-state index contributed by atoms with van der Waals surface area (Å²) in [6, 6.07) is 0. The summed E-state index contributed by atoms with van der Waals surface area (Å²) in [6.07, 6.45) is 43.3. The molecule has 0 amide bonds. The highest BCUT2D eigenvalue weighted by molar-refractivity contribution is 5.25. The second kappa shape index (κ2) is 20.5. The molecule has 0 bridgehead atoms. The molecule has 0 unspecified atom stereocenters. The number of allylic oxidation sites excluding steroid dienone is 1. The largest absolute Gasteiger partial charge is 0.378 e. The molecule has 0 saturated heterocycles. The molecule has 1 heteroatoms. The van der Waals surface area contributed by atoms with E-state index in [4.69, 9.17) is 4.74 Å². The lowest BCUT2D eigenvalue weighted by Crippen LogP contribution is -2.51. The molecule has 8 atom stereocenters. The minimum atomic E-state index is 0.457. The van der Waals surface area contributed by atoms with Gasteiger partial charge in [0, 0.05) is 6.61 Å². The summed E-state index contributed by atoms with van der Waals surface area (Å²) in [5.41, 5.74) is 2.86. The van der Waals surface area contributed by atoms with Crippen LogP contribution in [0.3, 0.4) is 0 Å². The molecule has 0 spiro atoms. The van der Waals surface area contributed by atoms with Crippen LogP contribution in [0.15, 0.2) is 11.6 Å². The summed E-state index contributed by atoms with van der Waals surface area (Å²) >= 11 is 0. The number of hydrogen-bond donors (Lipinski definition) is 0. The van der Waals surface area contributed by atoms with Crippen molar-refractivity contribution in [2.24, 2.45) is 46.3 Å². The van der Waals surface area contributed by atoms with Crippen LogP contribution in [-0.4, -0.2) is 12.7 Å². The predicted octanol–water partition coefficient (Wildman–Crippen LogP) is 15.1. The Kier molecular flexibility index (Phi) is 17.2. The van der Waals surface area contributed by atoms with Crippen molar-refractivity contribution >= 4 is 0 Å². The first-order valence-electron chi connectivity index (χ1n) is 22.1. The standard InChI is InChI=1S/C46H84O/c1-7-8-9-10-11-12-13-14-15-16-17-18-19-20-21-22-23-35-47-40-31-33-45(5)39(36-40)27-28-41-43-30-29-42(38(4)26-24-25-37(2)3)46(43,6)34-32-44(41)45/h27,37-38,40-44H,7-26,28-36H2,1-6H3/t38-,40+,41+,42-,43+,44+,45+,46-/m1/s1. The zero-order chi connectivity index (χ0) is 33.5. The Bertz CT molecular complexity index is 872. The van der Waals surface area contributed by atoms with Gasteiger partial charge in [-0.3, -0.25) is 0 Å². The molecular formula is C46H84O. The smallest absolute Gasteiger partial charge is 0.0612 e. The van der Waals surface area contributed by atoms with Crippen molar-refractivity contribution < 1.29 is 4.74 Å². The van der Waals surface area contributed by atoms with Crippen LogP contribution < -0.4 is 0 Å². The van der Waals surface area contributed by atoms with E-state index in [0.29, 0.717) is 16.9 Å². The third-order valence-corrected chi connectivity index (χ3v) is 14.9. The monoisotopic (exact) mass is 653 g/mol. The van der Waals surface area contributed by atoms with Gasteiger partial charge in [0.15, 0.2) is 0 Å². The van der Waals surface area contributed by atoms with Crippen molar-refractivity contribution in [1.29, 1.82) is 0 Å². The maximum Gasteiger partial charge on any atom is 0.0612 e. The molecule has 4 rings (SSSR count). The summed E-state index contributed by atoms with van der Waals surface area (Å²) in [7, 11) is 0. The first-order valence-corrected chi connectivity index (χ1v) is 22.1. The van der Waals surface area contributed by atoms with Gasteiger partial charge in [0.1, 0.15) is 0 Å². The van der Waals surface area contributed by atoms with Crippen molar-refractivity contribution in [3.8, 4) is 0 Å². The molecule has 1 nitrogen and oxygen atoms in total. The first-order chi connectivity index (χ1) is 22.8. The lowest BCUT2D eigenvalue weighted by atomic mass is 9.47. The van der Waals surface area contributed by atoms with Gasteiger partial charge in [-0.05, 0) is 104 Å². The first kappa shape index (κ1) is 39.5. The highest BCUT2D eigenvalue weighted by Crippen LogP contribution is 2.67. The van der Waals surface area contributed by atoms with Crippen molar-refractivity contribution in [3.05, 3.63) is 11.6 Å². The Balaban J connectivity index is 1.05. The van der Waals surface area contributed by atoms with E-state index in [2.05, 4.69) is 47.6 Å². The number of fused-ring (bicyclic) bond motifs is 5. The SMILES string of the molecule is CCCCCCCCCCCCCCCCCCCO[C@H]1CC[C@@]2(C)C(=CC[C@H]3[C@@H]4CC[C@H]([C@H](C)CCCC(C)C)[C@@]4(C)CC[C@@H]32)C1. The van der Waals surface area contributed by atoms with E-state index in [0.717, 1.165) is 42.1 Å². The molecule has 3 saturated carbocycles. The van der Waals surface area contributed by atoms with Crippen LogP contribution in [0.1, 0.15) is 221 Å². The normalized spacial score (nSPS) is 32.6. The fourth-order valence-electron chi connectivity index (χ4n) is 11.9. The highest BCUT2D eigenvalue weighted by atomic mass is 16.5. The Morgan fingerprint density at radius 1 is 0.660 bits per heavy atom. The van der Waals surface area contributed by atoms with Gasteiger partial charge < -0.3 is 4.74 Å². The molecule has 0 aromatic heterocycles. The van der Waals surface area contributed by atoms with Crippen molar-refractivity contribution in [2.75, 3.05) is 6.61 Å². The number of hydrogen-bond acceptors (Lipinski definition) is 1. The summed E-state index contributed by atoms with van der Waals surface area (Å²) in [4.78, 5) is 0. The Hall–Kier alpha value is -0.300. The minimum Gasteiger partial charge on any atom is -0.378 e. The van der Waals surface area contributed by atoms with Crippen LogP contribution in [0.4, 0.5) is 0 Å². The third kappa shape index (κ3) is 11.3. The van der Waals surface area contributed by atoms with E-state index in [1.165, 1.54) is 180 Å². The van der Waals surface area contributed by atoms with Crippen LogP contribution in [0.5, 0.6) is 0 Å². The summed E-state index contributed by atoms with van der Waals surface area (Å²) in [5.74, 6) is 5.60. The molecule has 274 valence electrons. The second-order valence-electron chi connectivity index (χ2n) is 18.7. The number of ether oxygens (including phenoxy) is 1. The summed E-state index contributed by atoms with van der Waals surface area (Å²) < 4.78 is 6.57. The van der Waals surface area contributed by atoms with E-state index in [1.807, 2.05) is 0 Å². The van der Waals surface area contributed by atoms with E-state index in [9.17, 15) is 0 Å². The topological polar surface area (TPSA) is 9.23 Å². The van der Waals surface area contributed by atoms with Gasteiger partial charge in [-0.2, -0.15) is 0 Å². The molecule has 4 aliphatic carbocycles. The molecule has 0 radical (unpaired) electrons. The Morgan fingerprint density at radius 2 is 1.26 bits per heavy atom. The number of rotatable bonds is 24. The quantitative estimate of drug-likeness (QED) is 0.0744. The van der Waals surface area contributed by atoms with Gasteiger partial charge in [-0.15, -0.1) is 0 Å². The molecule has 0 aromatic rings. The molecule has 0 N–H and O–H groups in total. The lowest BCUT2D eigenvalue weighted by Gasteiger charge is -2.58. The average molecular weight is 653 g/mol. The lowest BCUT2D eigenvalue weighted by molar-refractivity contribution is -0.0641. The van der Waals surface area contributed by atoms with Gasteiger partial charge in [-0.1, -0.05) is 175 Å². The molecule has 4 aliphatic rings. The van der Waals surface area contributed by atoms with Gasteiger partial charge in [0.25, 0.3) is 0 Å². The number of unbranched alkanes of at least 4 members (excludes halogenated alkanes) is 16. The third-order valence-electron chi connectivity index (χ3n) is 14.9. The van der Waals surface area contributed by atoms with E-state index < -0.39 is 0 Å². The van der Waals surface area contributed by atoms with Gasteiger partial charge >= 0.3 is 0 Å². The average Bonchev–Trinajstić information content (AvgIpc) is 3.41. The van der Waals surface area contributed by atoms with Gasteiger partial charge in [-0.25, -0.2) is 0 Å². The van der Waals surface area contributed by atoms with Crippen LogP contribution in [0.25, 0.3) is 0 Å². The maximum absolute atomic E-state index is 6.57. The van der Waals surface area contributed by atoms with Gasteiger partial charge in [0.05, 0.1) is 6.10 Å². The Labute approximate surface area is 296 Å². The van der Waals surface area contributed by atoms with E-state index in [-0.39, 0.29) is 0 Å². The summed E-state index contributed by atoms with van der Waals surface area (Å²) in [6.45, 7) is 16.1. The fraction of sp³-hybridized carbons (Fsp3) is 0.957. The zero-order valence-corrected chi connectivity index (χ0v) is 33.0. The van der Waals surface area contributed by atoms with Crippen LogP contribution in [0, 0.1) is 46.3 Å². The van der Waals surface area contributed by atoms with Crippen molar-refractivity contribution in [3.63, 3.8) is 0 Å². The molecular weight excluding hydrogens is 569 g/mol. The minimum absolute atomic E-state index is 0.457. The van der Waals surface area contributed by atoms with Crippen molar-refractivity contribution in [2.45, 2.75) is 227 Å². The van der Waals surface area contributed by atoms with Crippen molar-refractivity contribution in [1.82, 2.24) is 0 Å². The van der Waals surface area contributed by atoms with Crippen LogP contribution >= 0.6 is 0 Å². The van der Waals surface area contributed by atoms with Crippen LogP contribution in [-0.2, 0) is 4.74 Å². The summed E-state index contributed by atoms with van der Waals surface area (Å²) in [5, 5.41) is 0. The predicted molar refractivity (Wildman–Crippen MR) is 207 cm³/mol.